The van der Waals surface area contributed by atoms with Crippen LogP contribution < -0.4 is 0 Å². The van der Waals surface area contributed by atoms with Gasteiger partial charge in [0.25, 0.3) is 0 Å². The molecule has 0 saturated carbocycles. The number of carboxylic acids is 1. The predicted octanol–water partition coefficient (Wildman–Crippen LogP) is 3.22. The molecule has 0 fully saturated rings. The van der Waals surface area contributed by atoms with E-state index in [1.165, 1.54) is 6.08 Å². The highest BCUT2D eigenvalue weighted by atomic mass is 35.5. The second-order valence-corrected chi connectivity index (χ2v) is 3.30. The predicted molar refractivity (Wildman–Crippen MR) is 57.4 cm³/mol. The smallest absolute Gasteiger partial charge is 0.328 e. The lowest BCUT2D eigenvalue weighted by molar-refractivity contribution is -0.131. The maximum Gasteiger partial charge on any atom is 0.328 e. The zero-order chi connectivity index (χ0) is 10.6. The Morgan fingerprint density at radius 1 is 1.43 bits per heavy atom. The van der Waals surface area contributed by atoms with Crippen LogP contribution in [0.1, 0.15) is 18.9 Å². The average molecular weight is 211 g/mol. The Kier molecular flexibility index (Phi) is 3.72. The van der Waals surface area contributed by atoms with Crippen LogP contribution in [0.2, 0.25) is 5.02 Å². The van der Waals surface area contributed by atoms with Gasteiger partial charge in [-0.15, -0.1) is 0 Å². The Hall–Kier alpha value is -1.28. The molecule has 0 spiro atoms. The molecule has 74 valence electrons. The fourth-order valence-corrected chi connectivity index (χ4v) is 1.33. The van der Waals surface area contributed by atoms with Crippen molar-refractivity contribution in [2.45, 2.75) is 13.3 Å². The van der Waals surface area contributed by atoms with E-state index < -0.39 is 5.97 Å². The number of hydrogen-bond acceptors (Lipinski definition) is 1. The average Bonchev–Trinajstić information content (AvgIpc) is 2.15. The van der Waals surface area contributed by atoms with Crippen LogP contribution in [-0.4, -0.2) is 11.1 Å². The normalized spacial score (nSPS) is 11.4. The molecule has 0 bridgehead atoms. The van der Waals surface area contributed by atoms with Gasteiger partial charge in [0, 0.05) is 11.1 Å². The van der Waals surface area contributed by atoms with Crippen LogP contribution in [0.15, 0.2) is 30.3 Å². The summed E-state index contributed by atoms with van der Waals surface area (Å²) in [4.78, 5) is 10.5. The zero-order valence-electron chi connectivity index (χ0n) is 7.83. The van der Waals surface area contributed by atoms with Crippen molar-refractivity contribution in [3.63, 3.8) is 0 Å². The largest absolute Gasteiger partial charge is 0.478 e. The van der Waals surface area contributed by atoms with Gasteiger partial charge < -0.3 is 5.11 Å². The molecule has 0 aromatic heterocycles. The number of rotatable bonds is 3. The molecule has 1 rings (SSSR count). The Labute approximate surface area is 87.8 Å². The van der Waals surface area contributed by atoms with Crippen molar-refractivity contribution in [2.24, 2.45) is 0 Å². The topological polar surface area (TPSA) is 37.3 Å². The molecule has 0 unspecified atom stereocenters. The summed E-state index contributed by atoms with van der Waals surface area (Å²) >= 11 is 5.73. The number of carboxylic acid groups (broad SMARTS) is 1. The summed E-state index contributed by atoms with van der Waals surface area (Å²) in [6, 6.07) is 7.14. The number of aliphatic carboxylic acids is 1. The van der Waals surface area contributed by atoms with Crippen LogP contribution in [0, 0.1) is 0 Å². The molecule has 0 aliphatic carbocycles. The third kappa shape index (κ3) is 2.89. The molecule has 14 heavy (non-hydrogen) atoms. The lowest BCUT2D eigenvalue weighted by atomic mass is 10.0. The van der Waals surface area contributed by atoms with Crippen molar-refractivity contribution in [3.8, 4) is 0 Å². The lowest BCUT2D eigenvalue weighted by Crippen LogP contribution is -1.91. The van der Waals surface area contributed by atoms with E-state index in [0.29, 0.717) is 11.4 Å². The van der Waals surface area contributed by atoms with Crippen molar-refractivity contribution in [1.29, 1.82) is 0 Å². The third-order valence-electron chi connectivity index (χ3n) is 1.89. The molecule has 1 aromatic carbocycles. The van der Waals surface area contributed by atoms with Crippen molar-refractivity contribution < 1.29 is 9.90 Å². The number of carbonyl (C=O) groups is 1. The summed E-state index contributed by atoms with van der Waals surface area (Å²) in [7, 11) is 0. The Morgan fingerprint density at radius 2 is 2.00 bits per heavy atom. The molecule has 0 aliphatic rings. The fraction of sp³-hybridized carbons (Fsp3) is 0.182. The van der Waals surface area contributed by atoms with Crippen molar-refractivity contribution in [3.05, 3.63) is 40.9 Å². The zero-order valence-corrected chi connectivity index (χ0v) is 8.58. The van der Waals surface area contributed by atoms with Gasteiger partial charge in [0.2, 0.25) is 0 Å². The van der Waals surface area contributed by atoms with Gasteiger partial charge in [-0.25, -0.2) is 4.79 Å². The first-order valence-electron chi connectivity index (χ1n) is 4.33. The molecule has 2 nitrogen and oxygen atoms in total. The van der Waals surface area contributed by atoms with E-state index in [0.717, 1.165) is 11.1 Å². The minimum atomic E-state index is -0.920. The van der Waals surface area contributed by atoms with Crippen LogP contribution >= 0.6 is 11.6 Å². The summed E-state index contributed by atoms with van der Waals surface area (Å²) < 4.78 is 0. The van der Waals surface area contributed by atoms with Gasteiger partial charge in [0.1, 0.15) is 0 Å². The third-order valence-corrected chi connectivity index (χ3v) is 2.15. The highest BCUT2D eigenvalue weighted by Gasteiger charge is 2.01. The first-order valence-corrected chi connectivity index (χ1v) is 4.70. The lowest BCUT2D eigenvalue weighted by Gasteiger charge is -2.03. The first-order chi connectivity index (χ1) is 6.63. The quantitative estimate of drug-likeness (QED) is 0.778. The van der Waals surface area contributed by atoms with E-state index in [9.17, 15) is 4.79 Å². The molecule has 0 amide bonds. The van der Waals surface area contributed by atoms with Crippen LogP contribution in [-0.2, 0) is 4.79 Å². The fourth-order valence-electron chi connectivity index (χ4n) is 1.20. The summed E-state index contributed by atoms with van der Waals surface area (Å²) in [5, 5.41) is 9.28. The Balaban J connectivity index is 3.01. The maximum atomic E-state index is 10.5. The SMILES string of the molecule is CC/C(=C\C(=O)O)c1ccc(Cl)cc1. The van der Waals surface area contributed by atoms with Gasteiger partial charge in [-0.3, -0.25) is 0 Å². The van der Waals surface area contributed by atoms with E-state index in [1.54, 1.807) is 12.1 Å². The monoisotopic (exact) mass is 210 g/mol. The molecule has 0 atom stereocenters. The standard InChI is InChI=1S/C11H11ClO2/c1-2-8(7-11(13)14)9-3-5-10(12)6-4-9/h3-7H,2H2,1H3,(H,13,14)/b8-7+. The number of halogens is 1. The molecule has 0 radical (unpaired) electrons. The summed E-state index contributed by atoms with van der Waals surface area (Å²) in [6.07, 6.45) is 1.91. The molecule has 1 aromatic rings. The first kappa shape index (κ1) is 10.8. The second kappa shape index (κ2) is 4.82. The van der Waals surface area contributed by atoms with Crippen LogP contribution in [0.3, 0.4) is 0 Å². The molecule has 1 N–H and O–H groups in total. The summed E-state index contributed by atoms with van der Waals surface area (Å²) in [5.41, 5.74) is 1.70. The maximum absolute atomic E-state index is 10.5. The molecule has 0 saturated heterocycles. The molecular formula is C11H11ClO2. The second-order valence-electron chi connectivity index (χ2n) is 2.87. The Bertz CT molecular complexity index is 352. The summed E-state index contributed by atoms with van der Waals surface area (Å²) in [6.45, 7) is 1.92. The van der Waals surface area contributed by atoms with Gasteiger partial charge in [-0.05, 0) is 29.7 Å². The van der Waals surface area contributed by atoms with E-state index in [1.807, 2.05) is 19.1 Å². The van der Waals surface area contributed by atoms with Crippen LogP contribution in [0.4, 0.5) is 0 Å². The number of allylic oxidation sites excluding steroid dienone is 1. The van der Waals surface area contributed by atoms with Gasteiger partial charge in [0.15, 0.2) is 0 Å². The van der Waals surface area contributed by atoms with Gasteiger partial charge >= 0.3 is 5.97 Å². The van der Waals surface area contributed by atoms with E-state index in [2.05, 4.69) is 0 Å². The molecule has 3 heteroatoms. The van der Waals surface area contributed by atoms with Crippen molar-refractivity contribution in [2.75, 3.05) is 0 Å². The van der Waals surface area contributed by atoms with E-state index in [4.69, 9.17) is 16.7 Å². The van der Waals surface area contributed by atoms with E-state index in [-0.39, 0.29) is 0 Å². The minimum absolute atomic E-state index is 0.652. The van der Waals surface area contributed by atoms with Gasteiger partial charge in [-0.1, -0.05) is 30.7 Å². The van der Waals surface area contributed by atoms with E-state index >= 15 is 0 Å². The number of hydrogen-bond donors (Lipinski definition) is 1. The van der Waals surface area contributed by atoms with Crippen molar-refractivity contribution >= 4 is 23.1 Å². The molecule has 0 heterocycles. The van der Waals surface area contributed by atoms with Crippen molar-refractivity contribution in [1.82, 2.24) is 0 Å². The van der Waals surface area contributed by atoms with Gasteiger partial charge in [0.05, 0.1) is 0 Å². The minimum Gasteiger partial charge on any atom is -0.478 e. The highest BCUT2D eigenvalue weighted by molar-refractivity contribution is 6.30. The van der Waals surface area contributed by atoms with Gasteiger partial charge in [-0.2, -0.15) is 0 Å². The molecule has 0 aliphatic heterocycles. The molecular weight excluding hydrogens is 200 g/mol. The summed E-state index contributed by atoms with van der Waals surface area (Å²) in [5.74, 6) is -0.920. The highest BCUT2D eigenvalue weighted by Crippen LogP contribution is 2.19. The number of benzene rings is 1. The Morgan fingerprint density at radius 3 is 2.43 bits per heavy atom. The van der Waals surface area contributed by atoms with Crippen LogP contribution in [0.5, 0.6) is 0 Å². The van der Waals surface area contributed by atoms with Crippen LogP contribution in [0.25, 0.3) is 5.57 Å².